The van der Waals surface area contributed by atoms with E-state index in [9.17, 15) is 8.78 Å². The van der Waals surface area contributed by atoms with Crippen molar-refractivity contribution in [3.8, 4) is 22.8 Å². The number of benzene rings is 2. The number of hydrogen-bond acceptors (Lipinski definition) is 6. The van der Waals surface area contributed by atoms with Gasteiger partial charge in [0.1, 0.15) is 10.9 Å². The first kappa shape index (κ1) is 21.1. The molecule has 0 aliphatic heterocycles. The Morgan fingerprint density at radius 2 is 1.81 bits per heavy atom. The number of para-hydroxylation sites is 1. The summed E-state index contributed by atoms with van der Waals surface area (Å²) >= 11 is 7.94. The van der Waals surface area contributed by atoms with E-state index in [1.807, 2.05) is 37.3 Å². The number of ether oxygens (including phenoxy) is 1. The van der Waals surface area contributed by atoms with E-state index < -0.39 is 6.61 Å². The Morgan fingerprint density at radius 3 is 2.48 bits per heavy atom. The summed E-state index contributed by atoms with van der Waals surface area (Å²) in [5.74, 6) is 7.10. The van der Waals surface area contributed by atoms with E-state index in [0.29, 0.717) is 27.5 Å². The summed E-state index contributed by atoms with van der Waals surface area (Å²) in [7, 11) is 0. The fraction of sp³-hybridized carbons (Fsp3) is 0.150. The maximum atomic E-state index is 12.3. The Bertz CT molecular complexity index is 1180. The first-order valence-corrected chi connectivity index (χ1v) is 10.5. The maximum Gasteiger partial charge on any atom is 0.387 e. The minimum atomic E-state index is -2.88. The second-order valence-corrected chi connectivity index (χ2v) is 7.77. The van der Waals surface area contributed by atoms with Crippen LogP contribution >= 0.6 is 23.4 Å². The predicted octanol–water partition coefficient (Wildman–Crippen LogP) is 4.70. The Hall–Kier alpha value is -3.11. The number of aromatic nitrogens is 5. The third-order valence-corrected chi connectivity index (χ3v) is 5.83. The number of nitrogen functional groups attached to an aromatic ring is 1. The van der Waals surface area contributed by atoms with Crippen LogP contribution in [0.25, 0.3) is 17.1 Å². The zero-order valence-corrected chi connectivity index (χ0v) is 17.8. The zero-order valence-electron chi connectivity index (χ0n) is 16.2. The van der Waals surface area contributed by atoms with Crippen molar-refractivity contribution in [1.82, 2.24) is 24.7 Å². The van der Waals surface area contributed by atoms with E-state index in [2.05, 4.69) is 20.0 Å². The Morgan fingerprint density at radius 1 is 1.10 bits per heavy atom. The number of alkyl halides is 2. The summed E-state index contributed by atoms with van der Waals surface area (Å²) in [6.45, 7) is -0.989. The van der Waals surface area contributed by atoms with Crippen LogP contribution in [0.1, 0.15) is 11.3 Å². The van der Waals surface area contributed by atoms with Crippen LogP contribution in [-0.4, -0.2) is 31.3 Å². The highest BCUT2D eigenvalue weighted by atomic mass is 35.5. The molecule has 2 heterocycles. The van der Waals surface area contributed by atoms with Crippen LogP contribution in [0.2, 0.25) is 5.15 Å². The standard InChI is InChI=1S/C20H17ClF2N6OS/c1-12-16(17(21)29(27-12)14-5-3-2-4-6-14)11-31-20-26-25-18(28(20)24)13-7-9-15(10-8-13)30-19(22)23/h2-10,19H,11,24H2,1H3. The number of nitrogens with zero attached hydrogens (tertiary/aromatic N) is 5. The number of hydrogen-bond donors (Lipinski definition) is 1. The van der Waals surface area contributed by atoms with Crippen molar-refractivity contribution in [3.05, 3.63) is 71.0 Å². The number of halogens is 3. The molecule has 0 saturated carbocycles. The van der Waals surface area contributed by atoms with E-state index in [-0.39, 0.29) is 5.75 Å². The SMILES string of the molecule is Cc1nn(-c2ccccc2)c(Cl)c1CSc1nnc(-c2ccc(OC(F)F)cc2)n1N. The number of nitrogens with two attached hydrogens (primary N) is 1. The van der Waals surface area contributed by atoms with E-state index in [1.165, 1.54) is 28.6 Å². The van der Waals surface area contributed by atoms with Gasteiger partial charge >= 0.3 is 6.61 Å². The van der Waals surface area contributed by atoms with Gasteiger partial charge in [-0.2, -0.15) is 13.9 Å². The molecule has 0 atom stereocenters. The second-order valence-electron chi connectivity index (χ2n) is 6.47. The highest BCUT2D eigenvalue weighted by molar-refractivity contribution is 7.98. The van der Waals surface area contributed by atoms with Crippen LogP contribution < -0.4 is 10.6 Å². The first-order chi connectivity index (χ1) is 14.9. The van der Waals surface area contributed by atoms with E-state index in [0.717, 1.165) is 16.9 Å². The second kappa shape index (κ2) is 8.94. The summed E-state index contributed by atoms with van der Waals surface area (Å²) in [6.07, 6.45) is 0. The Balaban J connectivity index is 1.51. The van der Waals surface area contributed by atoms with Crippen LogP contribution in [0.15, 0.2) is 59.8 Å². The van der Waals surface area contributed by atoms with E-state index in [4.69, 9.17) is 17.4 Å². The van der Waals surface area contributed by atoms with Gasteiger partial charge in [-0.05, 0) is 43.3 Å². The van der Waals surface area contributed by atoms with Gasteiger partial charge in [0.15, 0.2) is 5.82 Å². The molecule has 0 aliphatic rings. The van der Waals surface area contributed by atoms with Gasteiger partial charge in [-0.15, -0.1) is 10.2 Å². The molecule has 0 amide bonds. The molecule has 11 heteroatoms. The minimum absolute atomic E-state index is 0.0528. The largest absolute Gasteiger partial charge is 0.435 e. The van der Waals surface area contributed by atoms with Gasteiger partial charge in [0.05, 0.1) is 11.4 Å². The monoisotopic (exact) mass is 462 g/mol. The summed E-state index contributed by atoms with van der Waals surface area (Å²) in [5.41, 5.74) is 3.16. The number of aryl methyl sites for hydroxylation is 1. The third kappa shape index (κ3) is 4.49. The van der Waals surface area contributed by atoms with Crippen molar-refractivity contribution in [2.24, 2.45) is 0 Å². The molecular weight excluding hydrogens is 446 g/mol. The number of rotatable bonds is 7. The molecule has 7 nitrogen and oxygen atoms in total. The fourth-order valence-corrected chi connectivity index (χ4v) is 4.29. The van der Waals surface area contributed by atoms with Gasteiger partial charge < -0.3 is 10.6 Å². The highest BCUT2D eigenvalue weighted by Gasteiger charge is 2.18. The molecule has 0 fully saturated rings. The van der Waals surface area contributed by atoms with Gasteiger partial charge in [0.25, 0.3) is 0 Å². The third-order valence-electron chi connectivity index (χ3n) is 4.47. The first-order valence-electron chi connectivity index (χ1n) is 9.12. The summed E-state index contributed by atoms with van der Waals surface area (Å²) in [5, 5.41) is 13.8. The van der Waals surface area contributed by atoms with E-state index >= 15 is 0 Å². The van der Waals surface area contributed by atoms with Crippen LogP contribution in [0.4, 0.5) is 8.78 Å². The Kier molecular flexibility index (Phi) is 6.10. The minimum Gasteiger partial charge on any atom is -0.435 e. The van der Waals surface area contributed by atoms with Crippen LogP contribution in [0.5, 0.6) is 5.75 Å². The smallest absolute Gasteiger partial charge is 0.387 e. The average Bonchev–Trinajstić information content (AvgIpc) is 3.26. The highest BCUT2D eigenvalue weighted by Crippen LogP contribution is 2.31. The van der Waals surface area contributed by atoms with Crippen LogP contribution in [0.3, 0.4) is 0 Å². The van der Waals surface area contributed by atoms with E-state index in [1.54, 1.807) is 16.8 Å². The van der Waals surface area contributed by atoms with Crippen LogP contribution in [0, 0.1) is 6.92 Å². The van der Waals surface area contributed by atoms with Gasteiger partial charge in [-0.25, -0.2) is 9.36 Å². The molecule has 2 aromatic carbocycles. The molecule has 4 aromatic rings. The normalized spacial score (nSPS) is 11.3. The fourth-order valence-electron chi connectivity index (χ4n) is 2.93. The molecule has 160 valence electrons. The molecule has 2 N–H and O–H groups in total. The van der Waals surface area contributed by atoms with Crippen LogP contribution in [-0.2, 0) is 5.75 Å². The van der Waals surface area contributed by atoms with Crippen molar-refractivity contribution < 1.29 is 13.5 Å². The lowest BCUT2D eigenvalue weighted by Crippen LogP contribution is -2.11. The van der Waals surface area contributed by atoms with Gasteiger partial charge in [0.2, 0.25) is 5.16 Å². The maximum absolute atomic E-state index is 12.3. The lowest BCUT2D eigenvalue weighted by molar-refractivity contribution is -0.0498. The number of thioether (sulfide) groups is 1. The molecular formula is C20H17ClF2N6OS. The topological polar surface area (TPSA) is 83.8 Å². The van der Waals surface area contributed by atoms with Crippen molar-refractivity contribution in [2.75, 3.05) is 5.84 Å². The molecule has 0 spiro atoms. The summed E-state index contributed by atoms with van der Waals surface area (Å²) < 4.78 is 32.0. The summed E-state index contributed by atoms with van der Waals surface area (Å²) in [6, 6.07) is 15.6. The van der Waals surface area contributed by atoms with Crippen molar-refractivity contribution in [3.63, 3.8) is 0 Å². The quantitative estimate of drug-likeness (QED) is 0.316. The molecule has 2 aromatic heterocycles. The molecule has 0 saturated heterocycles. The van der Waals surface area contributed by atoms with Gasteiger partial charge in [0, 0.05) is 16.9 Å². The molecule has 0 radical (unpaired) electrons. The molecule has 0 bridgehead atoms. The Labute approximate surface area is 185 Å². The lowest BCUT2D eigenvalue weighted by Gasteiger charge is -2.06. The average molecular weight is 463 g/mol. The van der Waals surface area contributed by atoms with Crippen molar-refractivity contribution in [1.29, 1.82) is 0 Å². The predicted molar refractivity (Wildman–Crippen MR) is 115 cm³/mol. The molecule has 0 aliphatic carbocycles. The zero-order chi connectivity index (χ0) is 22.0. The molecule has 4 rings (SSSR count). The van der Waals surface area contributed by atoms with Gasteiger partial charge in [-0.1, -0.05) is 41.6 Å². The molecule has 0 unspecified atom stereocenters. The molecule has 31 heavy (non-hydrogen) atoms. The summed E-state index contributed by atoms with van der Waals surface area (Å²) in [4.78, 5) is 0. The van der Waals surface area contributed by atoms with Crippen molar-refractivity contribution in [2.45, 2.75) is 24.4 Å². The van der Waals surface area contributed by atoms with Crippen molar-refractivity contribution >= 4 is 23.4 Å². The van der Waals surface area contributed by atoms with Gasteiger partial charge in [-0.3, -0.25) is 0 Å². The lowest BCUT2D eigenvalue weighted by atomic mass is 10.2.